The Morgan fingerprint density at radius 2 is 2.17 bits per heavy atom. The van der Waals surface area contributed by atoms with Crippen molar-refractivity contribution in [3.8, 4) is 11.1 Å². The van der Waals surface area contributed by atoms with Crippen molar-refractivity contribution in [1.82, 2.24) is 5.16 Å². The largest absolute Gasteiger partial charge is 0.465 e. The highest BCUT2D eigenvalue weighted by atomic mass is 16.5. The second kappa shape index (κ2) is 5.01. The molecular weight excluding hydrogens is 234 g/mol. The van der Waals surface area contributed by atoms with Gasteiger partial charge >= 0.3 is 5.97 Å². The van der Waals surface area contributed by atoms with Gasteiger partial charge in [0.15, 0.2) is 5.76 Å². The van der Waals surface area contributed by atoms with Crippen molar-refractivity contribution in [3.63, 3.8) is 0 Å². The average molecular weight is 247 g/mol. The number of hydrogen-bond acceptors (Lipinski definition) is 5. The molecule has 0 fully saturated rings. The second-order valence-corrected chi connectivity index (χ2v) is 3.76. The molecule has 0 aliphatic heterocycles. The predicted octanol–water partition coefficient (Wildman–Crippen LogP) is 1.93. The van der Waals surface area contributed by atoms with Crippen molar-refractivity contribution in [2.75, 3.05) is 7.11 Å². The Morgan fingerprint density at radius 3 is 2.83 bits per heavy atom. The second-order valence-electron chi connectivity index (χ2n) is 3.76. The number of benzene rings is 1. The summed E-state index contributed by atoms with van der Waals surface area (Å²) in [6, 6.07) is 6.98. The number of aliphatic hydroxyl groups excluding tert-OH is 1. The number of hydrogen-bond donors (Lipinski definition) is 1. The molecule has 0 amide bonds. The third-order valence-corrected chi connectivity index (χ3v) is 2.68. The molecule has 5 nitrogen and oxygen atoms in total. The number of aliphatic hydroxyl groups is 1. The first kappa shape index (κ1) is 12.3. The molecule has 1 aromatic heterocycles. The summed E-state index contributed by atoms with van der Waals surface area (Å²) < 4.78 is 9.75. The quantitative estimate of drug-likeness (QED) is 0.839. The summed E-state index contributed by atoms with van der Waals surface area (Å²) in [4.78, 5) is 11.7. The van der Waals surface area contributed by atoms with Crippen LogP contribution in [0.4, 0.5) is 0 Å². The van der Waals surface area contributed by atoms with E-state index in [0.29, 0.717) is 28.1 Å². The third kappa shape index (κ3) is 2.00. The number of methoxy groups -OCH3 is 1. The number of nitrogens with zero attached hydrogens (tertiary/aromatic N) is 1. The fraction of sp³-hybridized carbons (Fsp3) is 0.231. The van der Waals surface area contributed by atoms with Crippen LogP contribution in [-0.2, 0) is 11.3 Å². The third-order valence-electron chi connectivity index (χ3n) is 2.68. The van der Waals surface area contributed by atoms with E-state index in [-0.39, 0.29) is 6.61 Å². The number of carbonyl (C=O) groups is 1. The number of rotatable bonds is 3. The summed E-state index contributed by atoms with van der Waals surface area (Å²) in [5, 5.41) is 13.0. The summed E-state index contributed by atoms with van der Waals surface area (Å²) in [6.07, 6.45) is 0. The highest BCUT2D eigenvalue weighted by Crippen LogP contribution is 2.30. The van der Waals surface area contributed by atoms with Gasteiger partial charge in [-0.2, -0.15) is 0 Å². The zero-order valence-corrected chi connectivity index (χ0v) is 10.1. The van der Waals surface area contributed by atoms with E-state index < -0.39 is 5.97 Å². The lowest BCUT2D eigenvalue weighted by Gasteiger charge is -2.07. The van der Waals surface area contributed by atoms with Crippen molar-refractivity contribution >= 4 is 5.97 Å². The Bertz CT molecular complexity index is 574. The van der Waals surface area contributed by atoms with Crippen LogP contribution < -0.4 is 0 Å². The molecule has 0 atom stereocenters. The maximum atomic E-state index is 11.7. The standard InChI is InChI=1S/C13H13NO4/c1-8-12(11(7-15)18-14-8)9-5-3-4-6-10(9)13(16)17-2/h3-6,15H,7H2,1-2H3. The normalized spacial score (nSPS) is 10.4. The van der Waals surface area contributed by atoms with E-state index in [1.807, 2.05) is 0 Å². The molecule has 0 bridgehead atoms. The maximum absolute atomic E-state index is 11.7. The number of esters is 1. The van der Waals surface area contributed by atoms with Crippen molar-refractivity contribution in [2.24, 2.45) is 0 Å². The van der Waals surface area contributed by atoms with Crippen LogP contribution in [0.2, 0.25) is 0 Å². The van der Waals surface area contributed by atoms with Gasteiger partial charge in [-0.05, 0) is 13.0 Å². The first-order valence-electron chi connectivity index (χ1n) is 5.42. The zero-order valence-electron chi connectivity index (χ0n) is 10.1. The van der Waals surface area contributed by atoms with Crippen molar-refractivity contribution in [1.29, 1.82) is 0 Å². The van der Waals surface area contributed by atoms with E-state index in [1.165, 1.54) is 7.11 Å². The van der Waals surface area contributed by atoms with Crippen LogP contribution in [0.15, 0.2) is 28.8 Å². The van der Waals surface area contributed by atoms with E-state index in [2.05, 4.69) is 5.16 Å². The molecule has 0 radical (unpaired) electrons. The van der Waals surface area contributed by atoms with Crippen LogP contribution in [0, 0.1) is 6.92 Å². The van der Waals surface area contributed by atoms with Gasteiger partial charge < -0.3 is 14.4 Å². The minimum absolute atomic E-state index is 0.272. The number of aromatic nitrogens is 1. The van der Waals surface area contributed by atoms with E-state index in [9.17, 15) is 9.90 Å². The molecule has 2 aromatic rings. The molecule has 0 spiro atoms. The number of ether oxygens (including phenoxy) is 1. The molecule has 1 N–H and O–H groups in total. The van der Waals surface area contributed by atoms with Crippen LogP contribution >= 0.6 is 0 Å². The van der Waals surface area contributed by atoms with Gasteiger partial charge in [0.1, 0.15) is 6.61 Å². The Labute approximate surface area is 104 Å². The van der Waals surface area contributed by atoms with Crippen molar-refractivity contribution in [3.05, 3.63) is 41.3 Å². The molecule has 0 aliphatic rings. The Hall–Kier alpha value is -2.14. The highest BCUT2D eigenvalue weighted by molar-refractivity contribution is 5.97. The van der Waals surface area contributed by atoms with Gasteiger partial charge in [-0.3, -0.25) is 0 Å². The summed E-state index contributed by atoms with van der Waals surface area (Å²) in [5.41, 5.74) is 2.32. The molecular formula is C13H13NO4. The van der Waals surface area contributed by atoms with Gasteiger partial charge in [0.2, 0.25) is 0 Å². The maximum Gasteiger partial charge on any atom is 0.338 e. The number of carbonyl (C=O) groups excluding carboxylic acids is 1. The fourth-order valence-corrected chi connectivity index (χ4v) is 1.86. The molecule has 0 aliphatic carbocycles. The molecule has 18 heavy (non-hydrogen) atoms. The first-order valence-corrected chi connectivity index (χ1v) is 5.42. The van der Waals surface area contributed by atoms with Gasteiger partial charge in [-0.1, -0.05) is 23.4 Å². The monoisotopic (exact) mass is 247 g/mol. The minimum Gasteiger partial charge on any atom is -0.465 e. The SMILES string of the molecule is COC(=O)c1ccccc1-c1c(C)noc1CO. The Morgan fingerprint density at radius 1 is 1.44 bits per heavy atom. The van der Waals surface area contributed by atoms with E-state index in [4.69, 9.17) is 9.26 Å². The zero-order chi connectivity index (χ0) is 13.1. The van der Waals surface area contributed by atoms with Crippen LogP contribution in [0.25, 0.3) is 11.1 Å². The molecule has 1 heterocycles. The Balaban J connectivity index is 2.63. The lowest BCUT2D eigenvalue weighted by Crippen LogP contribution is -2.04. The summed E-state index contributed by atoms with van der Waals surface area (Å²) in [5.74, 6) is -0.0982. The van der Waals surface area contributed by atoms with Crippen LogP contribution in [-0.4, -0.2) is 23.3 Å². The van der Waals surface area contributed by atoms with Crippen molar-refractivity contribution < 1.29 is 19.2 Å². The van der Waals surface area contributed by atoms with Gasteiger partial charge in [0.05, 0.1) is 23.9 Å². The van der Waals surface area contributed by atoms with Crippen molar-refractivity contribution in [2.45, 2.75) is 13.5 Å². The van der Waals surface area contributed by atoms with Crippen LogP contribution in [0.3, 0.4) is 0 Å². The smallest absolute Gasteiger partial charge is 0.338 e. The highest BCUT2D eigenvalue weighted by Gasteiger charge is 2.20. The molecule has 94 valence electrons. The van der Waals surface area contributed by atoms with Crippen LogP contribution in [0.5, 0.6) is 0 Å². The van der Waals surface area contributed by atoms with E-state index in [1.54, 1.807) is 31.2 Å². The van der Waals surface area contributed by atoms with Gasteiger partial charge in [-0.25, -0.2) is 4.79 Å². The molecule has 0 unspecified atom stereocenters. The molecule has 0 saturated heterocycles. The number of aryl methyl sites for hydroxylation is 1. The molecule has 1 aromatic carbocycles. The first-order chi connectivity index (χ1) is 8.69. The summed E-state index contributed by atoms with van der Waals surface area (Å²) in [6.45, 7) is 1.48. The van der Waals surface area contributed by atoms with Crippen LogP contribution in [0.1, 0.15) is 21.8 Å². The lowest BCUT2D eigenvalue weighted by atomic mass is 9.98. The molecule has 2 rings (SSSR count). The predicted molar refractivity (Wildman–Crippen MR) is 63.9 cm³/mol. The Kier molecular flexibility index (Phi) is 3.43. The topological polar surface area (TPSA) is 72.6 Å². The van der Waals surface area contributed by atoms with E-state index in [0.717, 1.165) is 0 Å². The lowest BCUT2D eigenvalue weighted by molar-refractivity contribution is 0.0601. The molecule has 5 heteroatoms. The summed E-state index contributed by atoms with van der Waals surface area (Å²) in [7, 11) is 1.33. The fourth-order valence-electron chi connectivity index (χ4n) is 1.86. The van der Waals surface area contributed by atoms with Gasteiger partial charge in [0.25, 0.3) is 0 Å². The average Bonchev–Trinajstić information content (AvgIpc) is 2.78. The summed E-state index contributed by atoms with van der Waals surface area (Å²) >= 11 is 0. The molecule has 0 saturated carbocycles. The minimum atomic E-state index is -0.435. The van der Waals surface area contributed by atoms with Gasteiger partial charge in [-0.15, -0.1) is 0 Å². The van der Waals surface area contributed by atoms with E-state index >= 15 is 0 Å². The van der Waals surface area contributed by atoms with Gasteiger partial charge in [0, 0.05) is 5.56 Å².